The van der Waals surface area contributed by atoms with E-state index in [1.807, 2.05) is 23.1 Å². The van der Waals surface area contributed by atoms with Crippen LogP contribution in [-0.4, -0.2) is 77.4 Å². The van der Waals surface area contributed by atoms with Crippen LogP contribution in [0.15, 0.2) is 30.3 Å². The van der Waals surface area contributed by atoms with Gasteiger partial charge in [-0.3, -0.25) is 4.79 Å². The summed E-state index contributed by atoms with van der Waals surface area (Å²) < 4.78 is 21.4. The SMILES string of the molecule is COc1ccc(CCN(C)CCN2CCc3cc(OC)c(OC)cc3C2=O)cc1OC.Cl. The predicted octanol–water partition coefficient (Wildman–Crippen LogP) is 3.32. The van der Waals surface area contributed by atoms with Crippen molar-refractivity contribution in [2.45, 2.75) is 12.8 Å². The maximum Gasteiger partial charge on any atom is 0.254 e. The summed E-state index contributed by atoms with van der Waals surface area (Å²) >= 11 is 0. The Hall–Kier alpha value is -2.64. The molecule has 0 unspecified atom stereocenters. The second-order valence-electron chi connectivity index (χ2n) is 7.65. The van der Waals surface area contributed by atoms with Crippen molar-refractivity contribution in [1.29, 1.82) is 0 Å². The zero-order chi connectivity index (χ0) is 22.4. The molecule has 0 radical (unpaired) electrons. The first-order valence-corrected chi connectivity index (χ1v) is 10.4. The quantitative estimate of drug-likeness (QED) is 0.537. The molecule has 0 spiro atoms. The van der Waals surface area contributed by atoms with E-state index < -0.39 is 0 Å². The van der Waals surface area contributed by atoms with Crippen molar-refractivity contribution in [2.24, 2.45) is 0 Å². The van der Waals surface area contributed by atoms with Gasteiger partial charge in [0.15, 0.2) is 23.0 Å². The highest BCUT2D eigenvalue weighted by molar-refractivity contribution is 5.97. The molecule has 1 heterocycles. The minimum absolute atomic E-state index is 0. The molecule has 1 amide bonds. The number of carbonyl (C=O) groups excluding carboxylic acids is 1. The fourth-order valence-corrected chi connectivity index (χ4v) is 3.83. The molecule has 0 saturated heterocycles. The molecular weight excluding hydrogens is 432 g/mol. The average Bonchev–Trinajstić information content (AvgIpc) is 2.81. The Labute approximate surface area is 196 Å². The molecule has 0 fully saturated rings. The Bertz CT molecular complexity index is 922. The molecular formula is C24H33ClN2O5. The summed E-state index contributed by atoms with van der Waals surface area (Å²) in [6.07, 6.45) is 1.71. The number of hydrogen-bond acceptors (Lipinski definition) is 6. The molecule has 32 heavy (non-hydrogen) atoms. The minimum atomic E-state index is 0. The average molecular weight is 465 g/mol. The van der Waals surface area contributed by atoms with E-state index >= 15 is 0 Å². The first kappa shape index (κ1) is 25.6. The topological polar surface area (TPSA) is 60.5 Å². The summed E-state index contributed by atoms with van der Waals surface area (Å²) in [4.78, 5) is 17.2. The normalized spacial score (nSPS) is 12.8. The van der Waals surface area contributed by atoms with E-state index in [4.69, 9.17) is 18.9 Å². The molecule has 2 aromatic rings. The van der Waals surface area contributed by atoms with Crippen LogP contribution < -0.4 is 18.9 Å². The Morgan fingerprint density at radius 2 is 1.50 bits per heavy atom. The van der Waals surface area contributed by atoms with Crippen LogP contribution in [-0.2, 0) is 12.8 Å². The van der Waals surface area contributed by atoms with Crippen molar-refractivity contribution < 1.29 is 23.7 Å². The molecule has 0 N–H and O–H groups in total. The van der Waals surface area contributed by atoms with Crippen LogP contribution >= 0.6 is 12.4 Å². The van der Waals surface area contributed by atoms with Crippen molar-refractivity contribution in [1.82, 2.24) is 9.80 Å². The van der Waals surface area contributed by atoms with Crippen molar-refractivity contribution in [3.63, 3.8) is 0 Å². The van der Waals surface area contributed by atoms with Crippen LogP contribution in [0.3, 0.4) is 0 Å². The van der Waals surface area contributed by atoms with Gasteiger partial charge in [-0.15, -0.1) is 12.4 Å². The van der Waals surface area contributed by atoms with Gasteiger partial charge in [-0.05, 0) is 55.3 Å². The van der Waals surface area contributed by atoms with Crippen LogP contribution in [0.1, 0.15) is 21.5 Å². The number of likely N-dealkylation sites (N-methyl/N-ethyl adjacent to an activating group) is 1. The lowest BCUT2D eigenvalue weighted by molar-refractivity contribution is 0.0724. The zero-order valence-electron chi connectivity index (χ0n) is 19.5. The molecule has 0 atom stereocenters. The molecule has 7 nitrogen and oxygen atoms in total. The Kier molecular flexibility index (Phi) is 9.47. The number of methoxy groups -OCH3 is 4. The van der Waals surface area contributed by atoms with E-state index in [9.17, 15) is 4.79 Å². The van der Waals surface area contributed by atoms with Gasteiger partial charge < -0.3 is 28.7 Å². The minimum Gasteiger partial charge on any atom is -0.493 e. The molecule has 2 aromatic carbocycles. The molecule has 1 aliphatic rings. The van der Waals surface area contributed by atoms with Gasteiger partial charge in [0.05, 0.1) is 28.4 Å². The van der Waals surface area contributed by atoms with Crippen molar-refractivity contribution in [3.8, 4) is 23.0 Å². The smallest absolute Gasteiger partial charge is 0.254 e. The van der Waals surface area contributed by atoms with Crippen molar-refractivity contribution >= 4 is 18.3 Å². The maximum atomic E-state index is 13.0. The third kappa shape index (κ3) is 5.78. The number of hydrogen-bond donors (Lipinski definition) is 0. The molecule has 1 aliphatic heterocycles. The summed E-state index contributed by atoms with van der Waals surface area (Å²) in [5.74, 6) is 2.78. The van der Waals surface area contributed by atoms with Crippen molar-refractivity contribution in [2.75, 3.05) is 61.7 Å². The first-order valence-electron chi connectivity index (χ1n) is 10.4. The highest BCUT2D eigenvalue weighted by Gasteiger charge is 2.26. The second-order valence-corrected chi connectivity index (χ2v) is 7.65. The molecule has 176 valence electrons. The van der Waals surface area contributed by atoms with Gasteiger partial charge in [-0.1, -0.05) is 6.07 Å². The lowest BCUT2D eigenvalue weighted by atomic mass is 9.98. The van der Waals surface area contributed by atoms with Crippen molar-refractivity contribution in [3.05, 3.63) is 47.0 Å². The van der Waals surface area contributed by atoms with Gasteiger partial charge in [0.2, 0.25) is 0 Å². The summed E-state index contributed by atoms with van der Waals surface area (Å²) in [7, 11) is 8.56. The van der Waals surface area contributed by atoms with E-state index in [1.165, 1.54) is 5.56 Å². The maximum absolute atomic E-state index is 13.0. The van der Waals surface area contributed by atoms with Crippen LogP contribution in [0.5, 0.6) is 23.0 Å². The number of rotatable bonds is 10. The monoisotopic (exact) mass is 464 g/mol. The molecule has 0 aromatic heterocycles. The van der Waals surface area contributed by atoms with E-state index in [1.54, 1.807) is 34.5 Å². The predicted molar refractivity (Wildman–Crippen MR) is 127 cm³/mol. The summed E-state index contributed by atoms with van der Waals surface area (Å²) in [6.45, 7) is 3.10. The van der Waals surface area contributed by atoms with Gasteiger partial charge in [-0.25, -0.2) is 0 Å². The number of halogens is 1. The number of carbonyl (C=O) groups is 1. The third-order valence-electron chi connectivity index (χ3n) is 5.76. The molecule has 0 saturated carbocycles. The number of fused-ring (bicyclic) bond motifs is 1. The summed E-state index contributed by atoms with van der Waals surface area (Å²) in [6, 6.07) is 9.71. The van der Waals surface area contributed by atoms with Gasteiger partial charge >= 0.3 is 0 Å². The largest absolute Gasteiger partial charge is 0.493 e. The van der Waals surface area contributed by atoms with Crippen LogP contribution in [0, 0.1) is 0 Å². The fourth-order valence-electron chi connectivity index (χ4n) is 3.83. The van der Waals surface area contributed by atoms with Gasteiger partial charge in [0, 0.05) is 31.7 Å². The lowest BCUT2D eigenvalue weighted by Gasteiger charge is -2.30. The fraction of sp³-hybridized carbons (Fsp3) is 0.458. The Morgan fingerprint density at radius 3 is 2.16 bits per heavy atom. The number of benzene rings is 2. The van der Waals surface area contributed by atoms with Gasteiger partial charge in [-0.2, -0.15) is 0 Å². The Morgan fingerprint density at radius 1 is 0.875 bits per heavy atom. The lowest BCUT2D eigenvalue weighted by Crippen LogP contribution is -2.42. The van der Waals surface area contributed by atoms with Gasteiger partial charge in [0.25, 0.3) is 5.91 Å². The van der Waals surface area contributed by atoms with Crippen LogP contribution in [0.25, 0.3) is 0 Å². The van der Waals surface area contributed by atoms with E-state index in [0.717, 1.165) is 43.0 Å². The van der Waals surface area contributed by atoms with Crippen LogP contribution in [0.2, 0.25) is 0 Å². The van der Waals surface area contributed by atoms with E-state index in [2.05, 4.69) is 18.0 Å². The summed E-state index contributed by atoms with van der Waals surface area (Å²) in [5.41, 5.74) is 2.91. The zero-order valence-corrected chi connectivity index (χ0v) is 20.3. The Balaban J connectivity index is 0.00000363. The number of ether oxygens (including phenoxy) is 4. The summed E-state index contributed by atoms with van der Waals surface area (Å²) in [5, 5.41) is 0. The first-order chi connectivity index (χ1) is 15.0. The van der Waals surface area contributed by atoms with Crippen LogP contribution in [0.4, 0.5) is 0 Å². The van der Waals surface area contributed by atoms with E-state index in [0.29, 0.717) is 30.2 Å². The van der Waals surface area contributed by atoms with Gasteiger partial charge in [0.1, 0.15) is 0 Å². The van der Waals surface area contributed by atoms with E-state index in [-0.39, 0.29) is 18.3 Å². The second kappa shape index (κ2) is 11.8. The number of nitrogens with zero attached hydrogens (tertiary/aromatic N) is 2. The highest BCUT2D eigenvalue weighted by Crippen LogP contribution is 2.33. The molecule has 0 aliphatic carbocycles. The molecule has 0 bridgehead atoms. The number of amides is 1. The molecule has 8 heteroatoms. The third-order valence-corrected chi connectivity index (χ3v) is 5.76. The standard InChI is InChI=1S/C24H32N2O5.ClH/c1-25(10-8-17-6-7-20(28-2)21(14-17)29-3)12-13-26-11-9-18-15-22(30-4)23(31-5)16-19(18)24(26)27;/h6-7,14-16H,8-13H2,1-5H3;1H. The highest BCUT2D eigenvalue weighted by atomic mass is 35.5. The molecule has 3 rings (SSSR count).